The number of ether oxygens (including phenoxy) is 1. The van der Waals surface area contributed by atoms with Gasteiger partial charge in [0, 0.05) is 12.4 Å². The SMILES string of the molecule is COc1nc(NCc2ncc[nH]2)ccc1N. The Morgan fingerprint density at radius 3 is 3.06 bits per heavy atom. The first kappa shape index (κ1) is 10.3. The first-order chi connectivity index (χ1) is 7.79. The zero-order valence-corrected chi connectivity index (χ0v) is 8.90. The highest BCUT2D eigenvalue weighted by Crippen LogP contribution is 2.20. The van der Waals surface area contributed by atoms with Crippen molar-refractivity contribution in [3.8, 4) is 5.88 Å². The van der Waals surface area contributed by atoms with Crippen LogP contribution in [0, 0.1) is 0 Å². The third-order valence-electron chi connectivity index (χ3n) is 2.07. The summed E-state index contributed by atoms with van der Waals surface area (Å²) in [6.45, 7) is 0.576. The number of pyridine rings is 1. The summed E-state index contributed by atoms with van der Waals surface area (Å²) >= 11 is 0. The molecule has 0 radical (unpaired) electrons. The summed E-state index contributed by atoms with van der Waals surface area (Å²) in [5, 5.41) is 3.11. The molecule has 0 aliphatic heterocycles. The molecule has 2 heterocycles. The van der Waals surface area contributed by atoms with Crippen molar-refractivity contribution in [3.63, 3.8) is 0 Å². The molecule has 2 aromatic rings. The van der Waals surface area contributed by atoms with Gasteiger partial charge in [-0.25, -0.2) is 4.98 Å². The molecule has 0 amide bonds. The first-order valence-electron chi connectivity index (χ1n) is 4.82. The summed E-state index contributed by atoms with van der Waals surface area (Å²) < 4.78 is 5.02. The molecule has 0 saturated heterocycles. The van der Waals surface area contributed by atoms with Gasteiger partial charge in [-0.1, -0.05) is 0 Å². The zero-order chi connectivity index (χ0) is 11.4. The highest BCUT2D eigenvalue weighted by Gasteiger charge is 2.02. The number of methoxy groups -OCH3 is 1. The van der Waals surface area contributed by atoms with Crippen LogP contribution in [0.4, 0.5) is 11.5 Å². The number of anilines is 2. The highest BCUT2D eigenvalue weighted by atomic mass is 16.5. The van der Waals surface area contributed by atoms with E-state index in [9.17, 15) is 0 Å². The quantitative estimate of drug-likeness (QED) is 0.714. The molecule has 2 rings (SSSR count). The molecule has 4 N–H and O–H groups in total. The number of nitrogens with zero attached hydrogens (tertiary/aromatic N) is 2. The highest BCUT2D eigenvalue weighted by molar-refractivity contribution is 5.53. The van der Waals surface area contributed by atoms with Crippen LogP contribution in [0.1, 0.15) is 5.82 Å². The Labute approximate surface area is 92.9 Å². The molecule has 16 heavy (non-hydrogen) atoms. The minimum atomic E-state index is 0.421. The second kappa shape index (κ2) is 4.52. The molecular weight excluding hydrogens is 206 g/mol. The summed E-state index contributed by atoms with van der Waals surface area (Å²) in [4.78, 5) is 11.3. The molecule has 6 nitrogen and oxygen atoms in total. The summed E-state index contributed by atoms with van der Waals surface area (Å²) in [5.41, 5.74) is 6.18. The van der Waals surface area contributed by atoms with Crippen molar-refractivity contribution in [2.75, 3.05) is 18.2 Å². The Morgan fingerprint density at radius 2 is 2.38 bits per heavy atom. The summed E-state index contributed by atoms with van der Waals surface area (Å²) in [5.74, 6) is 1.96. The average Bonchev–Trinajstić information content (AvgIpc) is 2.81. The van der Waals surface area contributed by atoms with E-state index < -0.39 is 0 Å². The Bertz CT molecular complexity index is 454. The van der Waals surface area contributed by atoms with Crippen LogP contribution in [0.2, 0.25) is 0 Å². The normalized spacial score (nSPS) is 10.1. The van der Waals surface area contributed by atoms with Crippen molar-refractivity contribution in [2.24, 2.45) is 0 Å². The van der Waals surface area contributed by atoms with Crippen molar-refractivity contribution in [3.05, 3.63) is 30.4 Å². The molecular formula is C10H13N5O. The third kappa shape index (κ3) is 2.22. The van der Waals surface area contributed by atoms with Crippen LogP contribution in [0.5, 0.6) is 5.88 Å². The molecule has 0 bridgehead atoms. The molecule has 0 aliphatic rings. The summed E-state index contributed by atoms with van der Waals surface area (Å²) in [6, 6.07) is 3.54. The van der Waals surface area contributed by atoms with E-state index in [2.05, 4.69) is 20.3 Å². The fourth-order valence-corrected chi connectivity index (χ4v) is 1.28. The number of imidazole rings is 1. The van der Waals surface area contributed by atoms with Crippen LogP contribution in [-0.2, 0) is 6.54 Å². The molecule has 0 atom stereocenters. The van der Waals surface area contributed by atoms with E-state index in [0.717, 1.165) is 5.82 Å². The van der Waals surface area contributed by atoms with Crippen LogP contribution in [0.3, 0.4) is 0 Å². The van der Waals surface area contributed by atoms with E-state index in [1.54, 1.807) is 24.5 Å². The van der Waals surface area contributed by atoms with E-state index >= 15 is 0 Å². The van der Waals surface area contributed by atoms with Gasteiger partial charge in [-0.15, -0.1) is 0 Å². The van der Waals surface area contributed by atoms with Crippen molar-refractivity contribution >= 4 is 11.5 Å². The summed E-state index contributed by atoms with van der Waals surface area (Å²) in [7, 11) is 1.54. The number of hydrogen-bond acceptors (Lipinski definition) is 5. The largest absolute Gasteiger partial charge is 0.479 e. The van der Waals surface area contributed by atoms with Gasteiger partial charge in [0.15, 0.2) is 0 Å². The third-order valence-corrected chi connectivity index (χ3v) is 2.07. The topological polar surface area (TPSA) is 88.8 Å². The molecule has 0 fully saturated rings. The lowest BCUT2D eigenvalue weighted by molar-refractivity contribution is 0.401. The maximum Gasteiger partial charge on any atom is 0.238 e. The first-order valence-corrected chi connectivity index (χ1v) is 4.82. The fourth-order valence-electron chi connectivity index (χ4n) is 1.28. The molecule has 6 heteroatoms. The lowest BCUT2D eigenvalue weighted by Gasteiger charge is -2.07. The molecule has 0 aromatic carbocycles. The van der Waals surface area contributed by atoms with E-state index in [4.69, 9.17) is 10.5 Å². The number of aromatic amines is 1. The summed E-state index contributed by atoms with van der Waals surface area (Å²) in [6.07, 6.45) is 3.47. The number of nitrogens with one attached hydrogen (secondary N) is 2. The van der Waals surface area contributed by atoms with E-state index in [1.807, 2.05) is 0 Å². The Morgan fingerprint density at radius 1 is 1.50 bits per heavy atom. The van der Waals surface area contributed by atoms with Crippen LogP contribution in [-0.4, -0.2) is 22.1 Å². The maximum absolute atomic E-state index is 5.66. The van der Waals surface area contributed by atoms with Crippen molar-refractivity contribution in [2.45, 2.75) is 6.54 Å². The molecule has 2 aromatic heterocycles. The molecule has 0 spiro atoms. The van der Waals surface area contributed by atoms with Crippen LogP contribution < -0.4 is 15.8 Å². The van der Waals surface area contributed by atoms with Gasteiger partial charge in [-0.2, -0.15) is 4.98 Å². The van der Waals surface area contributed by atoms with Crippen molar-refractivity contribution in [1.82, 2.24) is 15.0 Å². The molecule has 0 unspecified atom stereocenters. The van der Waals surface area contributed by atoms with Gasteiger partial charge >= 0.3 is 0 Å². The predicted octanol–water partition coefficient (Wildman–Crippen LogP) is 1.01. The monoisotopic (exact) mass is 219 g/mol. The van der Waals surface area contributed by atoms with Gasteiger partial charge in [0.1, 0.15) is 11.6 Å². The van der Waals surface area contributed by atoms with Gasteiger partial charge in [0.25, 0.3) is 0 Å². The molecule has 0 aliphatic carbocycles. The minimum Gasteiger partial charge on any atom is -0.479 e. The van der Waals surface area contributed by atoms with Gasteiger partial charge in [-0.3, -0.25) is 0 Å². The van der Waals surface area contributed by atoms with Gasteiger partial charge < -0.3 is 20.8 Å². The average molecular weight is 219 g/mol. The van der Waals surface area contributed by atoms with Crippen LogP contribution in [0.25, 0.3) is 0 Å². The van der Waals surface area contributed by atoms with E-state index in [0.29, 0.717) is 23.9 Å². The lowest BCUT2D eigenvalue weighted by atomic mass is 10.4. The fraction of sp³-hybridized carbons (Fsp3) is 0.200. The van der Waals surface area contributed by atoms with Crippen LogP contribution in [0.15, 0.2) is 24.5 Å². The van der Waals surface area contributed by atoms with Gasteiger partial charge in [-0.05, 0) is 12.1 Å². The number of H-pyrrole nitrogens is 1. The van der Waals surface area contributed by atoms with Crippen molar-refractivity contribution < 1.29 is 4.74 Å². The van der Waals surface area contributed by atoms with E-state index in [1.165, 1.54) is 7.11 Å². The van der Waals surface area contributed by atoms with Crippen LogP contribution >= 0.6 is 0 Å². The Kier molecular flexibility index (Phi) is 2.90. The Hall–Kier alpha value is -2.24. The standard InChI is InChI=1S/C10H13N5O/c1-16-10-7(11)2-3-8(15-10)14-6-9-12-4-5-13-9/h2-5H,6,11H2,1H3,(H,12,13)(H,14,15). The second-order valence-corrected chi connectivity index (χ2v) is 3.18. The number of hydrogen-bond donors (Lipinski definition) is 3. The van der Waals surface area contributed by atoms with E-state index in [-0.39, 0.29) is 0 Å². The number of nitrogens with two attached hydrogens (primary N) is 1. The lowest BCUT2D eigenvalue weighted by Crippen LogP contribution is -2.04. The minimum absolute atomic E-state index is 0.421. The second-order valence-electron chi connectivity index (χ2n) is 3.18. The predicted molar refractivity (Wildman–Crippen MR) is 61.1 cm³/mol. The number of nitrogen functional groups attached to an aromatic ring is 1. The van der Waals surface area contributed by atoms with Crippen molar-refractivity contribution in [1.29, 1.82) is 0 Å². The van der Waals surface area contributed by atoms with Gasteiger partial charge in [0.05, 0.1) is 19.3 Å². The molecule has 84 valence electrons. The Balaban J connectivity index is 2.04. The zero-order valence-electron chi connectivity index (χ0n) is 8.90. The number of aromatic nitrogens is 3. The molecule has 0 saturated carbocycles. The van der Waals surface area contributed by atoms with Gasteiger partial charge in [0.2, 0.25) is 5.88 Å². The smallest absolute Gasteiger partial charge is 0.238 e. The number of rotatable bonds is 4. The maximum atomic E-state index is 5.66.